The minimum atomic E-state index is -1.05. The number of aromatic nitrogens is 4. The highest BCUT2D eigenvalue weighted by molar-refractivity contribution is 6.08. The molecule has 0 aromatic carbocycles. The van der Waals surface area contributed by atoms with Crippen LogP contribution in [-0.4, -0.2) is 36.8 Å². The summed E-state index contributed by atoms with van der Waals surface area (Å²) < 4.78 is 0. The molecule has 148 valence electrons. The third-order valence-electron chi connectivity index (χ3n) is 5.11. The summed E-state index contributed by atoms with van der Waals surface area (Å²) in [5.41, 5.74) is 4.52. The molecule has 0 saturated carbocycles. The third kappa shape index (κ3) is 3.44. The van der Waals surface area contributed by atoms with Gasteiger partial charge in [0.2, 0.25) is 0 Å². The maximum absolute atomic E-state index is 12.8. The number of aromatic amines is 1. The number of ketones is 1. The molecule has 0 unspecified atom stereocenters. The van der Waals surface area contributed by atoms with E-state index in [1.165, 1.54) is 6.07 Å². The molecule has 4 rings (SSSR count). The SMILES string of the molecule is CC(C)(C)C(=O)c1c[nH]c2ncc(C3=C(c4cccc(C(=O)O)n4)CCC3)nc12. The monoisotopic (exact) mass is 390 g/mol. The van der Waals surface area contributed by atoms with Gasteiger partial charge >= 0.3 is 5.97 Å². The Morgan fingerprint density at radius 3 is 2.48 bits per heavy atom. The third-order valence-corrected chi connectivity index (χ3v) is 5.11. The fourth-order valence-corrected chi connectivity index (χ4v) is 3.64. The van der Waals surface area contributed by atoms with E-state index in [-0.39, 0.29) is 11.5 Å². The lowest BCUT2D eigenvalue weighted by molar-refractivity contribution is 0.0690. The molecule has 0 bridgehead atoms. The van der Waals surface area contributed by atoms with Crippen molar-refractivity contribution in [3.8, 4) is 0 Å². The van der Waals surface area contributed by atoms with Gasteiger partial charge in [-0.3, -0.25) is 4.79 Å². The number of carbonyl (C=O) groups excluding carboxylic acids is 1. The molecule has 0 atom stereocenters. The summed E-state index contributed by atoms with van der Waals surface area (Å²) in [4.78, 5) is 40.6. The topological polar surface area (TPSA) is 109 Å². The summed E-state index contributed by atoms with van der Waals surface area (Å²) in [6, 6.07) is 5.01. The van der Waals surface area contributed by atoms with Crippen molar-refractivity contribution in [1.29, 1.82) is 0 Å². The lowest BCUT2D eigenvalue weighted by atomic mass is 9.87. The zero-order valence-corrected chi connectivity index (χ0v) is 16.6. The van der Waals surface area contributed by atoms with Gasteiger partial charge in [-0.05, 0) is 42.5 Å². The van der Waals surface area contributed by atoms with Crippen LogP contribution in [0, 0.1) is 5.41 Å². The molecule has 0 amide bonds. The van der Waals surface area contributed by atoms with Crippen LogP contribution in [-0.2, 0) is 0 Å². The highest BCUT2D eigenvalue weighted by Gasteiger charge is 2.27. The fourth-order valence-electron chi connectivity index (χ4n) is 3.64. The van der Waals surface area contributed by atoms with Crippen molar-refractivity contribution >= 4 is 34.1 Å². The minimum Gasteiger partial charge on any atom is -0.477 e. The number of allylic oxidation sites excluding steroid dienone is 2. The van der Waals surface area contributed by atoms with Crippen molar-refractivity contribution in [1.82, 2.24) is 19.9 Å². The van der Waals surface area contributed by atoms with Crippen molar-refractivity contribution in [2.45, 2.75) is 40.0 Å². The molecule has 0 fully saturated rings. The Morgan fingerprint density at radius 1 is 1.07 bits per heavy atom. The molecule has 3 aromatic heterocycles. The Hall–Kier alpha value is -3.35. The van der Waals surface area contributed by atoms with E-state index < -0.39 is 11.4 Å². The van der Waals surface area contributed by atoms with Crippen LogP contribution in [0.2, 0.25) is 0 Å². The predicted molar refractivity (Wildman–Crippen MR) is 110 cm³/mol. The van der Waals surface area contributed by atoms with E-state index >= 15 is 0 Å². The second-order valence-electron chi connectivity index (χ2n) is 8.26. The Kier molecular flexibility index (Phi) is 4.53. The molecule has 3 heterocycles. The summed E-state index contributed by atoms with van der Waals surface area (Å²) in [5.74, 6) is -1.04. The summed E-state index contributed by atoms with van der Waals surface area (Å²) in [6.45, 7) is 5.64. The number of fused-ring (bicyclic) bond motifs is 1. The van der Waals surface area contributed by atoms with Gasteiger partial charge in [-0.2, -0.15) is 0 Å². The number of hydrogen-bond acceptors (Lipinski definition) is 5. The number of rotatable bonds is 4. The number of carboxylic acids is 1. The van der Waals surface area contributed by atoms with Gasteiger partial charge in [0.25, 0.3) is 0 Å². The lowest BCUT2D eigenvalue weighted by Gasteiger charge is -2.15. The zero-order chi connectivity index (χ0) is 20.8. The molecule has 0 saturated heterocycles. The number of nitrogens with zero attached hydrogens (tertiary/aromatic N) is 3. The smallest absolute Gasteiger partial charge is 0.354 e. The number of pyridine rings is 1. The average Bonchev–Trinajstić information content (AvgIpc) is 3.33. The predicted octanol–water partition coefficient (Wildman–Crippen LogP) is 4.37. The van der Waals surface area contributed by atoms with Gasteiger partial charge in [0.1, 0.15) is 11.2 Å². The van der Waals surface area contributed by atoms with Crippen molar-refractivity contribution < 1.29 is 14.7 Å². The first kappa shape index (κ1) is 19.0. The largest absolute Gasteiger partial charge is 0.477 e. The first-order chi connectivity index (χ1) is 13.8. The fraction of sp³-hybridized carbons (Fsp3) is 0.318. The summed E-state index contributed by atoms with van der Waals surface area (Å²) in [7, 11) is 0. The van der Waals surface area contributed by atoms with Crippen LogP contribution < -0.4 is 0 Å². The Labute approximate surface area is 167 Å². The van der Waals surface area contributed by atoms with Crippen molar-refractivity contribution in [3.63, 3.8) is 0 Å². The first-order valence-electron chi connectivity index (χ1n) is 9.58. The number of hydrogen-bond donors (Lipinski definition) is 2. The molecule has 0 aliphatic heterocycles. The van der Waals surface area contributed by atoms with E-state index in [4.69, 9.17) is 4.98 Å². The molecule has 1 aliphatic rings. The second kappa shape index (κ2) is 6.92. The second-order valence-corrected chi connectivity index (χ2v) is 8.26. The maximum atomic E-state index is 12.8. The molecule has 1 aliphatic carbocycles. The van der Waals surface area contributed by atoms with Gasteiger partial charge < -0.3 is 10.1 Å². The van der Waals surface area contributed by atoms with E-state index in [1.54, 1.807) is 18.5 Å². The number of nitrogens with one attached hydrogen (secondary N) is 1. The first-order valence-corrected chi connectivity index (χ1v) is 9.58. The molecule has 0 spiro atoms. The normalized spacial score (nSPS) is 14.6. The Bertz CT molecular complexity index is 1170. The van der Waals surface area contributed by atoms with E-state index in [1.807, 2.05) is 26.8 Å². The van der Waals surface area contributed by atoms with Crippen molar-refractivity contribution in [2.75, 3.05) is 0 Å². The van der Waals surface area contributed by atoms with Crippen molar-refractivity contribution in [3.05, 3.63) is 53.2 Å². The lowest BCUT2D eigenvalue weighted by Crippen LogP contribution is -2.20. The minimum absolute atomic E-state index is 0.00616. The molecule has 3 aromatic rings. The van der Waals surface area contributed by atoms with Crippen LogP contribution in [0.25, 0.3) is 22.3 Å². The molecule has 7 heteroatoms. The van der Waals surface area contributed by atoms with Gasteiger partial charge in [-0.1, -0.05) is 26.8 Å². The van der Waals surface area contributed by atoms with E-state index in [9.17, 15) is 14.7 Å². The van der Waals surface area contributed by atoms with E-state index in [0.29, 0.717) is 28.1 Å². The molecule has 29 heavy (non-hydrogen) atoms. The summed E-state index contributed by atoms with van der Waals surface area (Å²) >= 11 is 0. The highest BCUT2D eigenvalue weighted by Crippen LogP contribution is 2.39. The molecule has 2 N–H and O–H groups in total. The number of carbonyl (C=O) groups is 2. The average molecular weight is 390 g/mol. The summed E-state index contributed by atoms with van der Waals surface area (Å²) in [6.07, 6.45) is 5.91. The van der Waals surface area contributed by atoms with Crippen LogP contribution >= 0.6 is 0 Å². The molecular weight excluding hydrogens is 368 g/mol. The number of Topliss-reactive ketones (excluding diaryl/α,β-unsaturated/α-hetero) is 1. The van der Waals surface area contributed by atoms with Crippen molar-refractivity contribution in [2.24, 2.45) is 5.41 Å². The highest BCUT2D eigenvalue weighted by atomic mass is 16.4. The Balaban J connectivity index is 1.83. The zero-order valence-electron chi connectivity index (χ0n) is 16.6. The molecular formula is C22H22N4O3. The standard InChI is InChI=1S/C22H22N4O3/c1-22(2,3)19(27)14-10-23-20-18(14)26-17(11-24-20)13-7-4-6-12(13)15-8-5-9-16(25-15)21(28)29/h5,8-11H,4,6-7H2,1-3H3,(H,23,24)(H,28,29). The van der Waals surface area contributed by atoms with Crippen LogP contribution in [0.15, 0.2) is 30.6 Å². The quantitative estimate of drug-likeness (QED) is 0.640. The van der Waals surface area contributed by atoms with Gasteiger partial charge in [-0.25, -0.2) is 19.7 Å². The number of carboxylic acid groups (broad SMARTS) is 1. The van der Waals surface area contributed by atoms with E-state index in [2.05, 4.69) is 15.0 Å². The van der Waals surface area contributed by atoms with E-state index in [0.717, 1.165) is 30.4 Å². The maximum Gasteiger partial charge on any atom is 0.354 e. The molecule has 0 radical (unpaired) electrons. The van der Waals surface area contributed by atoms with Gasteiger partial charge in [0.15, 0.2) is 11.4 Å². The molecule has 7 nitrogen and oxygen atoms in total. The van der Waals surface area contributed by atoms with Crippen LogP contribution in [0.4, 0.5) is 0 Å². The number of aromatic carboxylic acids is 1. The van der Waals surface area contributed by atoms with Crippen LogP contribution in [0.3, 0.4) is 0 Å². The van der Waals surface area contributed by atoms with Gasteiger partial charge in [-0.15, -0.1) is 0 Å². The number of H-pyrrole nitrogens is 1. The van der Waals surface area contributed by atoms with Gasteiger partial charge in [0.05, 0.1) is 23.1 Å². The van der Waals surface area contributed by atoms with Gasteiger partial charge in [0, 0.05) is 11.6 Å². The van der Waals surface area contributed by atoms with Crippen LogP contribution in [0.5, 0.6) is 0 Å². The summed E-state index contributed by atoms with van der Waals surface area (Å²) in [5, 5.41) is 9.24. The van der Waals surface area contributed by atoms with Crippen LogP contribution in [0.1, 0.15) is 72.3 Å². The Morgan fingerprint density at radius 2 is 1.79 bits per heavy atom.